The number of alkyl carbamates (subject to hydrolysis) is 1. The maximum absolute atomic E-state index is 13.1. The lowest BCUT2D eigenvalue weighted by Crippen LogP contribution is -2.56. The lowest BCUT2D eigenvalue weighted by atomic mass is 9.90. The number of carboxylic acids is 1. The molecular weight excluding hydrogens is 448 g/mol. The van der Waals surface area contributed by atoms with Crippen molar-refractivity contribution < 1.29 is 29.0 Å². The van der Waals surface area contributed by atoms with E-state index in [4.69, 9.17) is 9.47 Å². The molecule has 4 rings (SSSR count). The summed E-state index contributed by atoms with van der Waals surface area (Å²) in [5, 5.41) is 12.2. The van der Waals surface area contributed by atoms with Crippen molar-refractivity contribution in [2.75, 3.05) is 26.8 Å². The predicted octanol–water partition coefficient (Wildman–Crippen LogP) is 3.79. The smallest absolute Gasteiger partial charge is 0.407 e. The van der Waals surface area contributed by atoms with E-state index in [-0.39, 0.29) is 44.4 Å². The summed E-state index contributed by atoms with van der Waals surface area (Å²) in [6, 6.07) is 15.5. The number of likely N-dealkylation sites (tertiary alicyclic amines) is 1. The number of carbonyl (C=O) groups excluding carboxylic acids is 2. The largest absolute Gasteiger partial charge is 0.479 e. The number of hydrogen-bond donors (Lipinski definition) is 2. The maximum atomic E-state index is 13.1. The van der Waals surface area contributed by atoms with Gasteiger partial charge in [0.1, 0.15) is 12.6 Å². The minimum Gasteiger partial charge on any atom is -0.479 e. The minimum atomic E-state index is -1.27. The lowest BCUT2D eigenvalue weighted by Gasteiger charge is -2.39. The molecule has 2 aromatic rings. The molecule has 35 heavy (non-hydrogen) atoms. The summed E-state index contributed by atoms with van der Waals surface area (Å²) in [6.07, 6.45) is 0.939. The van der Waals surface area contributed by atoms with Crippen LogP contribution in [-0.4, -0.2) is 66.4 Å². The van der Waals surface area contributed by atoms with E-state index in [1.54, 1.807) is 4.90 Å². The van der Waals surface area contributed by atoms with Crippen LogP contribution in [0.5, 0.6) is 0 Å². The Labute approximate surface area is 205 Å². The van der Waals surface area contributed by atoms with Gasteiger partial charge in [0.2, 0.25) is 5.91 Å². The van der Waals surface area contributed by atoms with Crippen LogP contribution in [-0.2, 0) is 19.1 Å². The molecular formula is C27H32N2O6. The number of nitrogens with zero attached hydrogens (tertiary/aromatic N) is 1. The molecule has 1 saturated heterocycles. The second-order valence-electron chi connectivity index (χ2n) is 9.14. The molecule has 186 valence electrons. The van der Waals surface area contributed by atoms with Crippen LogP contribution >= 0.6 is 0 Å². The lowest BCUT2D eigenvalue weighted by molar-refractivity contribution is -0.170. The van der Waals surface area contributed by atoms with Crippen LogP contribution in [0, 0.1) is 0 Å². The average Bonchev–Trinajstić information content (AvgIpc) is 3.20. The van der Waals surface area contributed by atoms with Crippen molar-refractivity contribution in [3.05, 3.63) is 59.7 Å². The number of benzene rings is 2. The van der Waals surface area contributed by atoms with Crippen LogP contribution in [0.15, 0.2) is 48.5 Å². The Kier molecular flexibility index (Phi) is 7.40. The fraction of sp³-hybridized carbons (Fsp3) is 0.444. The monoisotopic (exact) mass is 480 g/mol. The van der Waals surface area contributed by atoms with E-state index < -0.39 is 23.7 Å². The normalized spacial score (nSPS) is 17.3. The van der Waals surface area contributed by atoms with E-state index >= 15 is 0 Å². The molecule has 1 heterocycles. The first-order valence-electron chi connectivity index (χ1n) is 12.1. The summed E-state index contributed by atoms with van der Waals surface area (Å²) in [7, 11) is 1.38. The Morgan fingerprint density at radius 1 is 1.06 bits per heavy atom. The minimum absolute atomic E-state index is 0.0613. The Hall–Kier alpha value is -3.39. The molecule has 8 heteroatoms. The van der Waals surface area contributed by atoms with Gasteiger partial charge in [-0.3, -0.25) is 4.79 Å². The van der Waals surface area contributed by atoms with Crippen molar-refractivity contribution in [2.24, 2.45) is 0 Å². The zero-order chi connectivity index (χ0) is 25.0. The van der Waals surface area contributed by atoms with Gasteiger partial charge in [-0.1, -0.05) is 61.9 Å². The molecule has 0 radical (unpaired) electrons. The number of carboxylic acid groups (broad SMARTS) is 1. The number of aliphatic carboxylic acids is 1. The Bertz CT molecular complexity index is 1050. The molecule has 1 unspecified atom stereocenters. The van der Waals surface area contributed by atoms with E-state index in [1.165, 1.54) is 7.11 Å². The van der Waals surface area contributed by atoms with E-state index in [0.29, 0.717) is 12.8 Å². The number of carbonyl (C=O) groups is 3. The molecule has 2 aromatic carbocycles. The van der Waals surface area contributed by atoms with E-state index in [2.05, 4.69) is 29.6 Å². The molecule has 0 bridgehead atoms. The van der Waals surface area contributed by atoms with Crippen LogP contribution in [0.1, 0.15) is 49.7 Å². The van der Waals surface area contributed by atoms with Gasteiger partial charge in [0.05, 0.1) is 0 Å². The second-order valence-corrected chi connectivity index (χ2v) is 9.14. The number of amides is 2. The van der Waals surface area contributed by atoms with E-state index in [9.17, 15) is 19.5 Å². The summed E-state index contributed by atoms with van der Waals surface area (Å²) < 4.78 is 10.9. The van der Waals surface area contributed by atoms with Crippen molar-refractivity contribution in [1.82, 2.24) is 10.2 Å². The fourth-order valence-corrected chi connectivity index (χ4v) is 5.14. The molecule has 1 fully saturated rings. The van der Waals surface area contributed by atoms with Crippen LogP contribution in [0.3, 0.4) is 0 Å². The van der Waals surface area contributed by atoms with Gasteiger partial charge in [0, 0.05) is 39.0 Å². The van der Waals surface area contributed by atoms with Gasteiger partial charge >= 0.3 is 12.1 Å². The molecule has 1 aliphatic carbocycles. The fourth-order valence-electron chi connectivity index (χ4n) is 5.14. The molecule has 8 nitrogen and oxygen atoms in total. The first-order chi connectivity index (χ1) is 16.9. The Balaban J connectivity index is 1.38. The topological polar surface area (TPSA) is 105 Å². The van der Waals surface area contributed by atoms with Crippen molar-refractivity contribution in [3.8, 4) is 11.1 Å². The highest BCUT2D eigenvalue weighted by atomic mass is 16.5. The molecule has 0 aromatic heterocycles. The third kappa shape index (κ3) is 4.89. The molecule has 1 atom stereocenters. The second kappa shape index (κ2) is 10.5. The zero-order valence-corrected chi connectivity index (χ0v) is 20.2. The Morgan fingerprint density at radius 2 is 1.63 bits per heavy atom. The summed E-state index contributed by atoms with van der Waals surface area (Å²) in [5.41, 5.74) is 3.27. The van der Waals surface area contributed by atoms with Crippen molar-refractivity contribution in [1.29, 1.82) is 0 Å². The highest BCUT2D eigenvalue weighted by Crippen LogP contribution is 2.44. The third-order valence-corrected chi connectivity index (χ3v) is 7.17. The summed E-state index contributed by atoms with van der Waals surface area (Å²) in [4.78, 5) is 39.1. The number of methoxy groups -OCH3 is 1. The molecule has 2 aliphatic rings. The zero-order valence-electron chi connectivity index (χ0n) is 20.2. The van der Waals surface area contributed by atoms with Gasteiger partial charge in [0.25, 0.3) is 0 Å². The number of hydrogen-bond acceptors (Lipinski definition) is 5. The van der Waals surface area contributed by atoms with Crippen LogP contribution in [0.4, 0.5) is 4.79 Å². The highest BCUT2D eigenvalue weighted by molar-refractivity contribution is 5.86. The third-order valence-electron chi connectivity index (χ3n) is 7.17. The maximum Gasteiger partial charge on any atom is 0.407 e. The Morgan fingerprint density at radius 3 is 2.14 bits per heavy atom. The summed E-state index contributed by atoms with van der Waals surface area (Å²) >= 11 is 0. The number of fused-ring (bicyclic) bond motifs is 3. The number of ether oxygens (including phenoxy) is 2. The van der Waals surface area contributed by atoms with E-state index in [1.807, 2.05) is 31.2 Å². The van der Waals surface area contributed by atoms with Crippen molar-refractivity contribution in [3.63, 3.8) is 0 Å². The summed E-state index contributed by atoms with van der Waals surface area (Å²) in [6.45, 7) is 2.62. The standard InChI is InChI=1S/C27H32N2O6/c1-3-8-23(24(30)29-15-13-27(34-2,14-16-29)25(31)32)28-26(33)35-17-22-20-11-6-4-9-18(20)19-10-5-7-12-21(19)22/h4-7,9-12,22-23H,3,8,13-17H2,1-2H3,(H,28,33)(H,31,32). The number of rotatable bonds is 8. The molecule has 1 aliphatic heterocycles. The van der Waals surface area contributed by atoms with Gasteiger partial charge in [-0.15, -0.1) is 0 Å². The molecule has 0 saturated carbocycles. The van der Waals surface area contributed by atoms with Crippen LogP contribution in [0.25, 0.3) is 11.1 Å². The predicted molar refractivity (Wildman–Crippen MR) is 130 cm³/mol. The average molecular weight is 481 g/mol. The van der Waals surface area contributed by atoms with Crippen LogP contribution in [0.2, 0.25) is 0 Å². The van der Waals surface area contributed by atoms with Crippen molar-refractivity contribution >= 4 is 18.0 Å². The summed E-state index contributed by atoms with van der Waals surface area (Å²) in [5.74, 6) is -1.31. The first-order valence-corrected chi connectivity index (χ1v) is 12.1. The van der Waals surface area contributed by atoms with Gasteiger partial charge in [-0.25, -0.2) is 9.59 Å². The first kappa shape index (κ1) is 24.7. The quantitative estimate of drug-likeness (QED) is 0.596. The van der Waals surface area contributed by atoms with Crippen LogP contribution < -0.4 is 5.32 Å². The van der Waals surface area contributed by atoms with Gasteiger partial charge in [-0.05, 0) is 28.7 Å². The van der Waals surface area contributed by atoms with E-state index in [0.717, 1.165) is 22.3 Å². The van der Waals surface area contributed by atoms with Gasteiger partial charge < -0.3 is 24.8 Å². The van der Waals surface area contributed by atoms with Gasteiger partial charge in [0.15, 0.2) is 5.60 Å². The SMILES string of the molecule is CCCC(NC(=O)OCC1c2ccccc2-c2ccccc21)C(=O)N1CCC(OC)(C(=O)O)CC1. The molecule has 2 amide bonds. The van der Waals surface area contributed by atoms with Crippen molar-refractivity contribution in [2.45, 2.75) is 50.2 Å². The molecule has 2 N–H and O–H groups in total. The molecule has 0 spiro atoms. The highest BCUT2D eigenvalue weighted by Gasteiger charge is 2.43. The van der Waals surface area contributed by atoms with Gasteiger partial charge in [-0.2, -0.15) is 0 Å². The number of piperidine rings is 1. The number of nitrogens with one attached hydrogen (secondary N) is 1.